The third-order valence-electron chi connectivity index (χ3n) is 5.08. The standard InChI is InChI=1S/C21H24N2O3/c1-15-2-4-16(5-3-15)13-23-10-8-18(9-11-23)22-21(24)17-6-7-19-20(12-17)26-14-25-19/h2-7,12,18H,8-11,13-14H2,1H3,(H,22,24). The van der Waals surface area contributed by atoms with Crippen molar-refractivity contribution in [2.45, 2.75) is 32.4 Å². The van der Waals surface area contributed by atoms with Gasteiger partial charge in [0.2, 0.25) is 6.79 Å². The summed E-state index contributed by atoms with van der Waals surface area (Å²) in [5.41, 5.74) is 3.26. The minimum atomic E-state index is -0.0414. The van der Waals surface area contributed by atoms with Crippen molar-refractivity contribution in [1.29, 1.82) is 0 Å². The molecule has 1 N–H and O–H groups in total. The molecule has 0 atom stereocenters. The molecule has 0 aromatic heterocycles. The van der Waals surface area contributed by atoms with Crippen LogP contribution >= 0.6 is 0 Å². The van der Waals surface area contributed by atoms with Crippen LogP contribution in [0.25, 0.3) is 0 Å². The van der Waals surface area contributed by atoms with Crippen LogP contribution in [0.1, 0.15) is 34.3 Å². The van der Waals surface area contributed by atoms with Gasteiger partial charge in [-0.1, -0.05) is 29.8 Å². The van der Waals surface area contributed by atoms with Gasteiger partial charge < -0.3 is 14.8 Å². The molecule has 0 spiro atoms. The van der Waals surface area contributed by atoms with Crippen LogP contribution in [-0.2, 0) is 6.54 Å². The van der Waals surface area contributed by atoms with Gasteiger partial charge in [-0.3, -0.25) is 9.69 Å². The number of piperidine rings is 1. The Kier molecular flexibility index (Phi) is 4.80. The van der Waals surface area contributed by atoms with E-state index in [9.17, 15) is 4.79 Å². The largest absolute Gasteiger partial charge is 0.454 e. The topological polar surface area (TPSA) is 50.8 Å². The first-order valence-electron chi connectivity index (χ1n) is 9.16. The Morgan fingerprint density at radius 2 is 1.81 bits per heavy atom. The number of benzene rings is 2. The van der Waals surface area contributed by atoms with Crippen LogP contribution in [0.2, 0.25) is 0 Å². The van der Waals surface area contributed by atoms with E-state index in [1.807, 2.05) is 0 Å². The number of amides is 1. The zero-order chi connectivity index (χ0) is 17.9. The summed E-state index contributed by atoms with van der Waals surface area (Å²) in [5, 5.41) is 3.16. The second-order valence-electron chi connectivity index (χ2n) is 7.08. The van der Waals surface area contributed by atoms with Gasteiger partial charge in [-0.05, 0) is 43.5 Å². The Labute approximate surface area is 153 Å². The Morgan fingerprint density at radius 3 is 2.58 bits per heavy atom. The number of fused-ring (bicyclic) bond motifs is 1. The third-order valence-corrected chi connectivity index (χ3v) is 5.08. The molecule has 0 radical (unpaired) electrons. The van der Waals surface area contributed by atoms with Crippen molar-refractivity contribution in [3.8, 4) is 11.5 Å². The third kappa shape index (κ3) is 3.83. The summed E-state index contributed by atoms with van der Waals surface area (Å²) in [6.07, 6.45) is 1.95. The van der Waals surface area contributed by atoms with Crippen LogP contribution in [0.15, 0.2) is 42.5 Å². The number of ether oxygens (including phenoxy) is 2. The lowest BCUT2D eigenvalue weighted by molar-refractivity contribution is 0.0908. The van der Waals surface area contributed by atoms with E-state index in [4.69, 9.17) is 9.47 Å². The molecule has 2 aliphatic rings. The summed E-state index contributed by atoms with van der Waals surface area (Å²) in [6.45, 7) is 5.31. The number of nitrogens with zero attached hydrogens (tertiary/aromatic N) is 1. The smallest absolute Gasteiger partial charge is 0.251 e. The van der Waals surface area contributed by atoms with E-state index in [-0.39, 0.29) is 18.7 Å². The van der Waals surface area contributed by atoms with Crippen molar-refractivity contribution in [1.82, 2.24) is 10.2 Å². The first-order chi connectivity index (χ1) is 12.7. The fourth-order valence-electron chi connectivity index (χ4n) is 3.49. The van der Waals surface area contributed by atoms with E-state index < -0.39 is 0 Å². The molecule has 0 aliphatic carbocycles. The number of likely N-dealkylation sites (tertiary alicyclic amines) is 1. The summed E-state index contributed by atoms with van der Waals surface area (Å²) in [4.78, 5) is 14.9. The van der Waals surface area contributed by atoms with Crippen molar-refractivity contribution in [3.05, 3.63) is 59.2 Å². The van der Waals surface area contributed by atoms with Crippen molar-refractivity contribution in [2.75, 3.05) is 19.9 Å². The predicted molar refractivity (Wildman–Crippen MR) is 99.5 cm³/mol. The van der Waals surface area contributed by atoms with E-state index in [1.165, 1.54) is 11.1 Å². The summed E-state index contributed by atoms with van der Waals surface area (Å²) < 4.78 is 10.6. The molecule has 0 unspecified atom stereocenters. The van der Waals surface area contributed by atoms with Gasteiger partial charge in [-0.25, -0.2) is 0 Å². The molecule has 2 aromatic carbocycles. The molecule has 2 aliphatic heterocycles. The zero-order valence-corrected chi connectivity index (χ0v) is 15.0. The van der Waals surface area contributed by atoms with Crippen LogP contribution < -0.4 is 14.8 Å². The maximum atomic E-state index is 12.5. The Hall–Kier alpha value is -2.53. The minimum Gasteiger partial charge on any atom is -0.454 e. The summed E-state index contributed by atoms with van der Waals surface area (Å²) >= 11 is 0. The van der Waals surface area contributed by atoms with Gasteiger partial charge in [0.05, 0.1) is 0 Å². The van der Waals surface area contributed by atoms with Crippen LogP contribution in [0.3, 0.4) is 0 Å². The van der Waals surface area contributed by atoms with E-state index in [2.05, 4.69) is 41.4 Å². The van der Waals surface area contributed by atoms with Crippen LogP contribution in [0, 0.1) is 6.92 Å². The molecule has 0 saturated carbocycles. The van der Waals surface area contributed by atoms with E-state index in [0.717, 1.165) is 32.5 Å². The molecule has 2 aromatic rings. The highest BCUT2D eigenvalue weighted by Gasteiger charge is 2.22. The number of aryl methyl sites for hydroxylation is 1. The van der Waals surface area contributed by atoms with Crippen LogP contribution in [0.4, 0.5) is 0 Å². The molecule has 26 heavy (non-hydrogen) atoms. The quantitative estimate of drug-likeness (QED) is 0.919. The maximum Gasteiger partial charge on any atom is 0.251 e. The molecule has 1 saturated heterocycles. The summed E-state index contributed by atoms with van der Waals surface area (Å²) in [5.74, 6) is 1.30. The van der Waals surface area contributed by atoms with Gasteiger partial charge in [-0.15, -0.1) is 0 Å². The van der Waals surface area contributed by atoms with Crippen LogP contribution in [-0.4, -0.2) is 36.7 Å². The van der Waals surface area contributed by atoms with Gasteiger partial charge in [0.15, 0.2) is 11.5 Å². The average molecular weight is 352 g/mol. The first-order valence-corrected chi connectivity index (χ1v) is 9.16. The zero-order valence-electron chi connectivity index (χ0n) is 15.0. The lowest BCUT2D eigenvalue weighted by Crippen LogP contribution is -2.44. The highest BCUT2D eigenvalue weighted by atomic mass is 16.7. The van der Waals surface area contributed by atoms with Gasteiger partial charge in [0.1, 0.15) is 0 Å². The summed E-state index contributed by atoms with van der Waals surface area (Å²) in [7, 11) is 0. The number of carbonyl (C=O) groups is 1. The lowest BCUT2D eigenvalue weighted by atomic mass is 10.0. The molecule has 1 fully saturated rings. The highest BCUT2D eigenvalue weighted by molar-refractivity contribution is 5.95. The number of nitrogens with one attached hydrogen (secondary N) is 1. The normalized spacial score (nSPS) is 17.3. The Bertz CT molecular complexity index is 780. The number of carbonyl (C=O) groups excluding carboxylic acids is 1. The fourth-order valence-corrected chi connectivity index (χ4v) is 3.49. The molecule has 1 amide bonds. The SMILES string of the molecule is Cc1ccc(CN2CCC(NC(=O)c3ccc4c(c3)OCO4)CC2)cc1. The van der Waals surface area contributed by atoms with E-state index in [0.29, 0.717) is 17.1 Å². The molecule has 2 heterocycles. The van der Waals surface area contributed by atoms with Crippen molar-refractivity contribution in [3.63, 3.8) is 0 Å². The highest BCUT2D eigenvalue weighted by Crippen LogP contribution is 2.32. The van der Waals surface area contributed by atoms with Crippen molar-refractivity contribution in [2.24, 2.45) is 0 Å². The van der Waals surface area contributed by atoms with Crippen molar-refractivity contribution < 1.29 is 14.3 Å². The minimum absolute atomic E-state index is 0.0414. The number of rotatable bonds is 4. The Balaban J connectivity index is 1.28. The second kappa shape index (κ2) is 7.38. The average Bonchev–Trinajstić information content (AvgIpc) is 3.13. The molecular formula is C21H24N2O3. The van der Waals surface area contributed by atoms with Gasteiger partial charge in [0, 0.05) is 31.2 Å². The maximum absolute atomic E-state index is 12.5. The van der Waals surface area contributed by atoms with Crippen LogP contribution in [0.5, 0.6) is 11.5 Å². The molecule has 136 valence electrons. The molecule has 5 nitrogen and oxygen atoms in total. The van der Waals surface area contributed by atoms with E-state index >= 15 is 0 Å². The van der Waals surface area contributed by atoms with Crippen molar-refractivity contribution >= 4 is 5.91 Å². The first kappa shape index (κ1) is 16.9. The van der Waals surface area contributed by atoms with Gasteiger partial charge in [0.25, 0.3) is 5.91 Å². The van der Waals surface area contributed by atoms with Gasteiger partial charge >= 0.3 is 0 Å². The van der Waals surface area contributed by atoms with Gasteiger partial charge in [-0.2, -0.15) is 0 Å². The molecule has 5 heteroatoms. The number of hydrogen-bond donors (Lipinski definition) is 1. The molecule has 4 rings (SSSR count). The second-order valence-corrected chi connectivity index (χ2v) is 7.08. The summed E-state index contributed by atoms with van der Waals surface area (Å²) in [6, 6.07) is 14.3. The number of hydrogen-bond acceptors (Lipinski definition) is 4. The Morgan fingerprint density at radius 1 is 1.08 bits per heavy atom. The molecular weight excluding hydrogens is 328 g/mol. The lowest BCUT2D eigenvalue weighted by Gasteiger charge is -2.32. The predicted octanol–water partition coefficient (Wildman–Crippen LogP) is 3.12. The van der Waals surface area contributed by atoms with E-state index in [1.54, 1.807) is 18.2 Å². The monoisotopic (exact) mass is 352 g/mol. The fraction of sp³-hybridized carbons (Fsp3) is 0.381. The molecule has 0 bridgehead atoms.